The SMILES string of the molecule is O=C(NCCCN1CCCC1=O)C1CC(c2ccccc2)CN(C(=O)Nc2ccccc2)C1. The molecule has 2 N–H and O–H groups in total. The molecule has 2 aliphatic heterocycles. The van der Waals surface area contributed by atoms with Crippen molar-refractivity contribution in [3.8, 4) is 0 Å². The number of likely N-dealkylation sites (tertiary alicyclic amines) is 2. The number of anilines is 1. The molecule has 2 aliphatic rings. The number of carbonyl (C=O) groups excluding carboxylic acids is 3. The van der Waals surface area contributed by atoms with Crippen molar-refractivity contribution in [1.29, 1.82) is 0 Å². The molecule has 2 aromatic carbocycles. The van der Waals surface area contributed by atoms with Gasteiger partial charge in [-0.15, -0.1) is 0 Å². The zero-order valence-electron chi connectivity index (χ0n) is 18.9. The summed E-state index contributed by atoms with van der Waals surface area (Å²) < 4.78 is 0. The number of para-hydroxylation sites is 1. The van der Waals surface area contributed by atoms with Gasteiger partial charge in [0.05, 0.1) is 5.92 Å². The van der Waals surface area contributed by atoms with Crippen molar-refractivity contribution in [3.63, 3.8) is 0 Å². The van der Waals surface area contributed by atoms with Crippen molar-refractivity contribution in [1.82, 2.24) is 15.1 Å². The third-order valence-corrected chi connectivity index (χ3v) is 6.48. The molecule has 174 valence electrons. The average molecular weight is 449 g/mol. The third-order valence-electron chi connectivity index (χ3n) is 6.48. The molecule has 4 amide bonds. The molecule has 2 aromatic rings. The van der Waals surface area contributed by atoms with Gasteiger partial charge in [0.25, 0.3) is 0 Å². The van der Waals surface area contributed by atoms with Crippen LogP contribution in [-0.4, -0.2) is 60.4 Å². The molecular formula is C26H32N4O3. The van der Waals surface area contributed by atoms with E-state index >= 15 is 0 Å². The van der Waals surface area contributed by atoms with Gasteiger partial charge in [0.2, 0.25) is 11.8 Å². The minimum absolute atomic E-state index is 0.0270. The molecule has 0 saturated carbocycles. The van der Waals surface area contributed by atoms with Crippen molar-refractivity contribution in [2.75, 3.05) is 38.0 Å². The Labute approximate surface area is 195 Å². The van der Waals surface area contributed by atoms with E-state index in [2.05, 4.69) is 22.8 Å². The van der Waals surface area contributed by atoms with E-state index in [0.717, 1.165) is 30.6 Å². The summed E-state index contributed by atoms with van der Waals surface area (Å²) in [4.78, 5) is 41.4. The molecule has 2 saturated heterocycles. The number of nitrogens with one attached hydrogen (secondary N) is 2. The van der Waals surface area contributed by atoms with Crippen LogP contribution in [0.1, 0.15) is 37.2 Å². The Balaban J connectivity index is 1.37. The predicted octanol–water partition coefficient (Wildman–Crippen LogP) is 3.45. The first-order chi connectivity index (χ1) is 16.1. The Morgan fingerprint density at radius 2 is 1.70 bits per heavy atom. The molecule has 0 aliphatic carbocycles. The molecule has 4 rings (SSSR count). The topological polar surface area (TPSA) is 81.8 Å². The number of nitrogens with zero attached hydrogens (tertiary/aromatic N) is 2. The van der Waals surface area contributed by atoms with E-state index in [1.54, 1.807) is 4.90 Å². The Bertz CT molecular complexity index is 951. The van der Waals surface area contributed by atoms with Crippen LogP contribution in [-0.2, 0) is 9.59 Å². The lowest BCUT2D eigenvalue weighted by molar-refractivity contribution is -0.127. The molecule has 2 fully saturated rings. The van der Waals surface area contributed by atoms with Gasteiger partial charge < -0.3 is 20.4 Å². The molecule has 0 radical (unpaired) electrons. The standard InChI is InChI=1S/C26H32N4O3/c31-24-13-7-15-29(24)16-8-14-27-25(32)22-17-21(20-9-3-1-4-10-20)18-30(19-22)26(33)28-23-11-5-2-6-12-23/h1-6,9-12,21-22H,7-8,13-19H2,(H,27,32)(H,28,33). The molecule has 2 heterocycles. The number of amides is 4. The fourth-order valence-corrected chi connectivity index (χ4v) is 4.71. The summed E-state index contributed by atoms with van der Waals surface area (Å²) in [7, 11) is 0. The van der Waals surface area contributed by atoms with Gasteiger partial charge in [0, 0.05) is 50.7 Å². The number of hydrogen-bond donors (Lipinski definition) is 2. The van der Waals surface area contributed by atoms with Crippen molar-refractivity contribution >= 4 is 23.5 Å². The van der Waals surface area contributed by atoms with Gasteiger partial charge in [-0.3, -0.25) is 9.59 Å². The molecule has 2 atom stereocenters. The van der Waals surface area contributed by atoms with Gasteiger partial charge in [0.15, 0.2) is 0 Å². The van der Waals surface area contributed by atoms with E-state index < -0.39 is 0 Å². The van der Waals surface area contributed by atoms with E-state index in [9.17, 15) is 14.4 Å². The van der Waals surface area contributed by atoms with Crippen molar-refractivity contribution in [2.24, 2.45) is 5.92 Å². The molecule has 33 heavy (non-hydrogen) atoms. The van der Waals surface area contributed by atoms with Crippen LogP contribution in [0, 0.1) is 5.92 Å². The Kier molecular flexibility index (Phi) is 7.60. The highest BCUT2D eigenvalue weighted by molar-refractivity contribution is 5.90. The summed E-state index contributed by atoms with van der Waals surface area (Å²) in [6.45, 7) is 3.00. The van der Waals surface area contributed by atoms with Crippen LogP contribution in [0.5, 0.6) is 0 Å². The molecule has 7 nitrogen and oxygen atoms in total. The normalized spacial score (nSPS) is 20.5. The first-order valence-corrected chi connectivity index (χ1v) is 11.8. The maximum Gasteiger partial charge on any atom is 0.321 e. The molecule has 7 heteroatoms. The second-order valence-electron chi connectivity index (χ2n) is 8.87. The lowest BCUT2D eigenvalue weighted by atomic mass is 9.84. The van der Waals surface area contributed by atoms with E-state index in [4.69, 9.17) is 0 Å². The summed E-state index contributed by atoms with van der Waals surface area (Å²) >= 11 is 0. The molecule has 2 unspecified atom stereocenters. The summed E-state index contributed by atoms with van der Waals surface area (Å²) in [6.07, 6.45) is 3.01. The number of carbonyl (C=O) groups is 3. The van der Waals surface area contributed by atoms with Crippen LogP contribution in [0.4, 0.5) is 10.5 Å². The van der Waals surface area contributed by atoms with Crippen molar-refractivity contribution in [3.05, 3.63) is 66.2 Å². The lowest BCUT2D eigenvalue weighted by Crippen LogP contribution is -2.49. The first-order valence-electron chi connectivity index (χ1n) is 11.8. The van der Waals surface area contributed by atoms with Crippen LogP contribution in [0.15, 0.2) is 60.7 Å². The van der Waals surface area contributed by atoms with Gasteiger partial charge >= 0.3 is 6.03 Å². The minimum atomic E-state index is -0.279. The second kappa shape index (κ2) is 11.0. The maximum atomic E-state index is 13.0. The first kappa shape index (κ1) is 22.8. The van der Waals surface area contributed by atoms with E-state index in [1.165, 1.54) is 0 Å². The predicted molar refractivity (Wildman–Crippen MR) is 128 cm³/mol. The number of urea groups is 1. The zero-order valence-corrected chi connectivity index (χ0v) is 18.9. The number of benzene rings is 2. The van der Waals surface area contributed by atoms with Gasteiger partial charge in [-0.05, 0) is 37.0 Å². The largest absolute Gasteiger partial charge is 0.356 e. The lowest BCUT2D eigenvalue weighted by Gasteiger charge is -2.37. The Hall–Kier alpha value is -3.35. The zero-order chi connectivity index (χ0) is 23.0. The highest BCUT2D eigenvalue weighted by atomic mass is 16.2. The fraction of sp³-hybridized carbons (Fsp3) is 0.423. The van der Waals surface area contributed by atoms with Crippen LogP contribution < -0.4 is 10.6 Å². The highest BCUT2D eigenvalue weighted by Crippen LogP contribution is 2.31. The quantitative estimate of drug-likeness (QED) is 0.637. The fourth-order valence-electron chi connectivity index (χ4n) is 4.71. The van der Waals surface area contributed by atoms with Crippen LogP contribution in [0.3, 0.4) is 0 Å². The van der Waals surface area contributed by atoms with Gasteiger partial charge in [0.1, 0.15) is 0 Å². The minimum Gasteiger partial charge on any atom is -0.356 e. The van der Waals surface area contributed by atoms with Gasteiger partial charge in [-0.2, -0.15) is 0 Å². The number of piperidine rings is 1. The van der Waals surface area contributed by atoms with Crippen molar-refractivity contribution in [2.45, 2.75) is 31.6 Å². The molecule has 0 bridgehead atoms. The number of hydrogen-bond acceptors (Lipinski definition) is 3. The monoisotopic (exact) mass is 448 g/mol. The number of rotatable bonds is 7. The summed E-state index contributed by atoms with van der Waals surface area (Å²) in [5.74, 6) is -0.00128. The Morgan fingerprint density at radius 1 is 0.970 bits per heavy atom. The van der Waals surface area contributed by atoms with Crippen molar-refractivity contribution < 1.29 is 14.4 Å². The average Bonchev–Trinajstić information content (AvgIpc) is 3.27. The smallest absolute Gasteiger partial charge is 0.321 e. The summed E-state index contributed by atoms with van der Waals surface area (Å²) in [5.41, 5.74) is 1.88. The van der Waals surface area contributed by atoms with Crippen LogP contribution in [0.2, 0.25) is 0 Å². The van der Waals surface area contributed by atoms with Crippen LogP contribution >= 0.6 is 0 Å². The molecule has 0 aromatic heterocycles. The second-order valence-corrected chi connectivity index (χ2v) is 8.87. The molecular weight excluding hydrogens is 416 g/mol. The maximum absolute atomic E-state index is 13.0. The van der Waals surface area contributed by atoms with E-state index in [-0.39, 0.29) is 29.7 Å². The molecule has 0 spiro atoms. The third kappa shape index (κ3) is 6.12. The highest BCUT2D eigenvalue weighted by Gasteiger charge is 2.34. The van der Waals surface area contributed by atoms with Crippen LogP contribution in [0.25, 0.3) is 0 Å². The van der Waals surface area contributed by atoms with E-state index in [0.29, 0.717) is 39.0 Å². The summed E-state index contributed by atoms with van der Waals surface area (Å²) in [6, 6.07) is 19.3. The Morgan fingerprint density at radius 3 is 2.39 bits per heavy atom. The summed E-state index contributed by atoms with van der Waals surface area (Å²) in [5, 5.41) is 5.99. The van der Waals surface area contributed by atoms with Gasteiger partial charge in [-0.1, -0.05) is 48.5 Å². The van der Waals surface area contributed by atoms with E-state index in [1.807, 2.05) is 53.4 Å². The van der Waals surface area contributed by atoms with Gasteiger partial charge in [-0.25, -0.2) is 4.79 Å².